The number of nitro groups is 1. The van der Waals surface area contributed by atoms with Crippen molar-refractivity contribution in [2.45, 2.75) is 39.2 Å². The van der Waals surface area contributed by atoms with Gasteiger partial charge >= 0.3 is 5.69 Å². The summed E-state index contributed by atoms with van der Waals surface area (Å²) in [5, 5.41) is 24.2. The van der Waals surface area contributed by atoms with E-state index in [1.165, 1.54) is 0 Å². The third kappa shape index (κ3) is 1.78. The van der Waals surface area contributed by atoms with Gasteiger partial charge in [-0.1, -0.05) is 0 Å². The first-order chi connectivity index (χ1) is 8.06. The molecule has 0 N–H and O–H groups in total. The number of nitrogens with zero attached hydrogens (tertiary/aromatic N) is 4. The van der Waals surface area contributed by atoms with Gasteiger partial charge in [-0.2, -0.15) is 10.4 Å². The van der Waals surface area contributed by atoms with Crippen LogP contribution in [0.15, 0.2) is 0 Å². The standard InChI is InChI=1S/C11H14N4O2/c1-7-11(15(16)17)8(2)14(13-7)10-5-3-4-9(10)6-12/h9-10H,3-5H2,1-2H3. The minimum Gasteiger partial charge on any atom is -0.258 e. The lowest BCUT2D eigenvalue weighted by Gasteiger charge is -2.15. The summed E-state index contributed by atoms with van der Waals surface area (Å²) in [4.78, 5) is 10.5. The van der Waals surface area contributed by atoms with E-state index in [1.807, 2.05) is 0 Å². The highest BCUT2D eigenvalue weighted by Gasteiger charge is 2.33. The minimum atomic E-state index is -0.398. The van der Waals surface area contributed by atoms with Crippen LogP contribution in [0.25, 0.3) is 0 Å². The van der Waals surface area contributed by atoms with Crippen molar-refractivity contribution >= 4 is 5.69 Å². The molecule has 17 heavy (non-hydrogen) atoms. The summed E-state index contributed by atoms with van der Waals surface area (Å²) >= 11 is 0. The van der Waals surface area contributed by atoms with Crippen molar-refractivity contribution in [3.8, 4) is 6.07 Å². The van der Waals surface area contributed by atoms with E-state index >= 15 is 0 Å². The maximum atomic E-state index is 10.9. The van der Waals surface area contributed by atoms with Crippen molar-refractivity contribution in [3.63, 3.8) is 0 Å². The zero-order valence-corrected chi connectivity index (χ0v) is 9.88. The van der Waals surface area contributed by atoms with Crippen LogP contribution >= 0.6 is 0 Å². The van der Waals surface area contributed by atoms with Crippen LogP contribution in [0.4, 0.5) is 5.69 Å². The number of hydrogen-bond acceptors (Lipinski definition) is 4. The Morgan fingerprint density at radius 1 is 1.53 bits per heavy atom. The molecule has 2 unspecified atom stereocenters. The number of aryl methyl sites for hydroxylation is 1. The minimum absolute atomic E-state index is 0.00704. The average Bonchev–Trinajstić information content (AvgIpc) is 2.82. The lowest BCUT2D eigenvalue weighted by molar-refractivity contribution is -0.386. The SMILES string of the molecule is Cc1nn(C2CCCC2C#N)c(C)c1[N+](=O)[O-]. The van der Waals surface area contributed by atoms with Gasteiger partial charge in [0.2, 0.25) is 0 Å². The monoisotopic (exact) mass is 234 g/mol. The van der Waals surface area contributed by atoms with E-state index in [9.17, 15) is 10.1 Å². The largest absolute Gasteiger partial charge is 0.312 e. The molecule has 90 valence electrons. The Labute approximate surface area is 99.0 Å². The summed E-state index contributed by atoms with van der Waals surface area (Å²) in [7, 11) is 0. The summed E-state index contributed by atoms with van der Waals surface area (Å²) in [6.45, 7) is 3.34. The third-order valence-electron chi connectivity index (χ3n) is 3.43. The van der Waals surface area contributed by atoms with Gasteiger partial charge in [0.15, 0.2) is 0 Å². The Hall–Kier alpha value is -1.90. The molecule has 1 aromatic heterocycles. The Bertz CT molecular complexity index is 500. The molecule has 1 aliphatic rings. The molecule has 2 rings (SSSR count). The second kappa shape index (κ2) is 4.17. The summed E-state index contributed by atoms with van der Waals surface area (Å²) in [6.07, 6.45) is 2.71. The molecule has 6 nitrogen and oxygen atoms in total. The lowest BCUT2D eigenvalue weighted by atomic mass is 10.1. The first kappa shape index (κ1) is 11.6. The Morgan fingerprint density at radius 2 is 2.24 bits per heavy atom. The smallest absolute Gasteiger partial charge is 0.258 e. The molecule has 0 radical (unpaired) electrons. The van der Waals surface area contributed by atoms with Crippen molar-refractivity contribution < 1.29 is 4.92 Å². The molecule has 6 heteroatoms. The van der Waals surface area contributed by atoms with Crippen LogP contribution in [0.5, 0.6) is 0 Å². The molecule has 1 saturated carbocycles. The number of aromatic nitrogens is 2. The van der Waals surface area contributed by atoms with E-state index in [0.29, 0.717) is 11.4 Å². The van der Waals surface area contributed by atoms with Crippen molar-refractivity contribution in [2.75, 3.05) is 0 Å². The van der Waals surface area contributed by atoms with Crippen molar-refractivity contribution in [2.24, 2.45) is 5.92 Å². The fraction of sp³-hybridized carbons (Fsp3) is 0.636. The fourth-order valence-electron chi connectivity index (χ4n) is 2.63. The van der Waals surface area contributed by atoms with Gasteiger partial charge in [0, 0.05) is 0 Å². The molecule has 1 aromatic rings. The molecule has 1 heterocycles. The highest BCUT2D eigenvalue weighted by atomic mass is 16.6. The summed E-state index contributed by atoms with van der Waals surface area (Å²) < 4.78 is 1.67. The van der Waals surface area contributed by atoms with E-state index in [0.717, 1.165) is 19.3 Å². The fourth-order valence-corrected chi connectivity index (χ4v) is 2.63. The number of hydrogen-bond donors (Lipinski definition) is 0. The van der Waals surface area contributed by atoms with Gasteiger partial charge in [-0.15, -0.1) is 0 Å². The molecule has 0 aromatic carbocycles. The normalized spacial score (nSPS) is 23.6. The predicted molar refractivity (Wildman–Crippen MR) is 60.3 cm³/mol. The van der Waals surface area contributed by atoms with Gasteiger partial charge in [-0.3, -0.25) is 14.8 Å². The topological polar surface area (TPSA) is 84.8 Å². The van der Waals surface area contributed by atoms with E-state index in [-0.39, 0.29) is 17.6 Å². The highest BCUT2D eigenvalue weighted by molar-refractivity contribution is 5.39. The lowest BCUT2D eigenvalue weighted by Crippen LogP contribution is -2.15. The van der Waals surface area contributed by atoms with Crippen molar-refractivity contribution in [3.05, 3.63) is 21.5 Å². The Balaban J connectivity index is 2.44. The summed E-state index contributed by atoms with van der Waals surface area (Å²) in [5.41, 5.74) is 1.06. The van der Waals surface area contributed by atoms with Gasteiger partial charge in [-0.25, -0.2) is 0 Å². The molecule has 0 aliphatic heterocycles. The average molecular weight is 234 g/mol. The van der Waals surface area contributed by atoms with Gasteiger partial charge in [0.25, 0.3) is 0 Å². The van der Waals surface area contributed by atoms with Crippen LogP contribution in [0, 0.1) is 41.2 Å². The first-order valence-corrected chi connectivity index (χ1v) is 5.66. The molecular formula is C11H14N4O2. The molecule has 0 spiro atoms. The van der Waals surface area contributed by atoms with Crippen LogP contribution in [0.1, 0.15) is 36.7 Å². The van der Waals surface area contributed by atoms with Crippen LogP contribution in [-0.4, -0.2) is 14.7 Å². The number of rotatable bonds is 2. The summed E-state index contributed by atoms with van der Waals surface area (Å²) in [5.74, 6) is -0.0763. The Kier molecular flexibility index (Phi) is 2.84. The van der Waals surface area contributed by atoms with Crippen molar-refractivity contribution in [1.29, 1.82) is 5.26 Å². The van der Waals surface area contributed by atoms with E-state index in [1.54, 1.807) is 18.5 Å². The molecule has 1 fully saturated rings. The zero-order chi connectivity index (χ0) is 12.6. The van der Waals surface area contributed by atoms with Gasteiger partial charge < -0.3 is 0 Å². The van der Waals surface area contributed by atoms with Gasteiger partial charge in [-0.05, 0) is 33.1 Å². The van der Waals surface area contributed by atoms with Crippen molar-refractivity contribution in [1.82, 2.24) is 9.78 Å². The van der Waals surface area contributed by atoms with Gasteiger partial charge in [0.1, 0.15) is 11.4 Å². The predicted octanol–water partition coefficient (Wildman–Crippen LogP) is 2.27. The van der Waals surface area contributed by atoms with Crippen LogP contribution in [0.3, 0.4) is 0 Å². The second-order valence-corrected chi connectivity index (χ2v) is 4.45. The maximum absolute atomic E-state index is 10.9. The second-order valence-electron chi connectivity index (χ2n) is 4.45. The summed E-state index contributed by atoms with van der Waals surface area (Å²) in [6, 6.07) is 2.26. The molecule has 2 atom stereocenters. The van der Waals surface area contributed by atoms with Gasteiger partial charge in [0.05, 0.1) is 23.0 Å². The molecular weight excluding hydrogens is 220 g/mol. The third-order valence-corrected chi connectivity index (χ3v) is 3.43. The molecule has 1 aliphatic carbocycles. The van der Waals surface area contributed by atoms with Crippen LogP contribution in [0.2, 0.25) is 0 Å². The van der Waals surface area contributed by atoms with E-state index in [2.05, 4.69) is 11.2 Å². The zero-order valence-electron chi connectivity index (χ0n) is 9.88. The molecule has 0 saturated heterocycles. The molecule has 0 bridgehead atoms. The Morgan fingerprint density at radius 3 is 2.76 bits per heavy atom. The molecule has 0 amide bonds. The maximum Gasteiger partial charge on any atom is 0.312 e. The number of nitriles is 1. The van der Waals surface area contributed by atoms with Crippen LogP contribution < -0.4 is 0 Å². The first-order valence-electron chi connectivity index (χ1n) is 5.66. The van der Waals surface area contributed by atoms with E-state index < -0.39 is 4.92 Å². The highest BCUT2D eigenvalue weighted by Crippen LogP contribution is 2.37. The quantitative estimate of drug-likeness (QED) is 0.580. The van der Waals surface area contributed by atoms with Crippen LogP contribution in [-0.2, 0) is 0 Å². The van der Waals surface area contributed by atoms with E-state index in [4.69, 9.17) is 5.26 Å².